The Labute approximate surface area is 134 Å². The highest BCUT2D eigenvalue weighted by Gasteiger charge is 2.29. The third-order valence-electron chi connectivity index (χ3n) is 4.11. The van der Waals surface area contributed by atoms with Gasteiger partial charge in [-0.25, -0.2) is 0 Å². The van der Waals surface area contributed by atoms with E-state index in [1.54, 1.807) is 25.3 Å². The minimum atomic E-state index is -0.113. The molecule has 0 radical (unpaired) electrons. The lowest BCUT2D eigenvalue weighted by molar-refractivity contribution is -0.127. The summed E-state index contributed by atoms with van der Waals surface area (Å²) in [5.41, 5.74) is 1.29. The summed E-state index contributed by atoms with van der Waals surface area (Å²) in [5, 5.41) is 11.3. The fraction of sp³-hybridized carbons (Fsp3) is 0.500. The van der Waals surface area contributed by atoms with Gasteiger partial charge >= 0.3 is 0 Å². The number of carbonyl (C=O) groups excluding carboxylic acids is 2. The van der Waals surface area contributed by atoms with Crippen molar-refractivity contribution in [3.8, 4) is 0 Å². The number of likely N-dealkylation sites (tertiary alicyclic amines) is 1. The molecule has 122 valence electrons. The number of rotatable bonds is 3. The third-order valence-corrected chi connectivity index (χ3v) is 4.11. The molecule has 7 nitrogen and oxygen atoms in total. The Bertz CT molecular complexity index is 752. The van der Waals surface area contributed by atoms with Gasteiger partial charge in [0.1, 0.15) is 5.82 Å². The molecular formula is C16H21N5O2. The van der Waals surface area contributed by atoms with Crippen molar-refractivity contribution < 1.29 is 9.59 Å². The molecule has 1 N–H and O–H groups in total. The molecule has 1 aliphatic heterocycles. The molecule has 1 saturated heterocycles. The first-order valence-corrected chi connectivity index (χ1v) is 7.86. The number of aromatic nitrogens is 3. The van der Waals surface area contributed by atoms with Gasteiger partial charge in [-0.2, -0.15) is 0 Å². The van der Waals surface area contributed by atoms with Crippen LogP contribution in [0.5, 0.6) is 0 Å². The zero-order valence-electron chi connectivity index (χ0n) is 13.6. The first-order valence-electron chi connectivity index (χ1n) is 7.86. The van der Waals surface area contributed by atoms with Crippen molar-refractivity contribution in [1.29, 1.82) is 0 Å². The van der Waals surface area contributed by atoms with Crippen LogP contribution in [-0.2, 0) is 4.79 Å². The quantitative estimate of drug-likeness (QED) is 0.923. The van der Waals surface area contributed by atoms with E-state index in [9.17, 15) is 9.59 Å². The van der Waals surface area contributed by atoms with Crippen molar-refractivity contribution in [3.63, 3.8) is 0 Å². The molecule has 1 aliphatic rings. The van der Waals surface area contributed by atoms with Crippen molar-refractivity contribution in [1.82, 2.24) is 24.8 Å². The Balaban J connectivity index is 1.90. The number of carbonyl (C=O) groups is 2. The van der Waals surface area contributed by atoms with E-state index in [4.69, 9.17) is 0 Å². The van der Waals surface area contributed by atoms with Crippen LogP contribution < -0.4 is 5.32 Å². The van der Waals surface area contributed by atoms with Gasteiger partial charge in [0.2, 0.25) is 5.91 Å². The summed E-state index contributed by atoms with van der Waals surface area (Å²) in [7, 11) is 0. The molecule has 7 heteroatoms. The van der Waals surface area contributed by atoms with E-state index in [2.05, 4.69) is 15.5 Å². The predicted molar refractivity (Wildman–Crippen MR) is 85.2 cm³/mol. The summed E-state index contributed by atoms with van der Waals surface area (Å²) in [4.78, 5) is 25.5. The zero-order chi connectivity index (χ0) is 16.6. The summed E-state index contributed by atoms with van der Waals surface area (Å²) in [6.07, 6.45) is 2.64. The Kier molecular flexibility index (Phi) is 4.02. The maximum atomic E-state index is 12.2. The van der Waals surface area contributed by atoms with Gasteiger partial charge in [-0.15, -0.1) is 10.2 Å². The van der Waals surface area contributed by atoms with Crippen molar-refractivity contribution in [2.24, 2.45) is 0 Å². The topological polar surface area (TPSA) is 79.6 Å². The number of nitrogens with one attached hydrogen (secondary N) is 1. The average Bonchev–Trinajstić information content (AvgIpc) is 3.12. The van der Waals surface area contributed by atoms with Gasteiger partial charge in [-0.3, -0.25) is 14.0 Å². The Hall–Kier alpha value is -2.44. The van der Waals surface area contributed by atoms with Crippen LogP contribution in [0.1, 0.15) is 49.3 Å². The van der Waals surface area contributed by atoms with Crippen LogP contribution in [0.25, 0.3) is 5.65 Å². The van der Waals surface area contributed by atoms with Crippen LogP contribution in [0.15, 0.2) is 18.3 Å². The number of amides is 2. The molecule has 0 saturated carbocycles. The lowest BCUT2D eigenvalue weighted by Crippen LogP contribution is -2.30. The second-order valence-electron chi connectivity index (χ2n) is 6.28. The molecule has 2 amide bonds. The van der Waals surface area contributed by atoms with Gasteiger partial charge in [0.05, 0.1) is 5.56 Å². The monoisotopic (exact) mass is 315 g/mol. The maximum absolute atomic E-state index is 12.2. The van der Waals surface area contributed by atoms with E-state index in [1.165, 1.54) is 0 Å². The predicted octanol–water partition coefficient (Wildman–Crippen LogP) is 1.20. The first kappa shape index (κ1) is 15.5. The minimum Gasteiger partial charge on any atom is -0.350 e. The molecular weight excluding hydrogens is 294 g/mol. The van der Waals surface area contributed by atoms with Crippen molar-refractivity contribution in [3.05, 3.63) is 29.7 Å². The highest BCUT2D eigenvalue weighted by Crippen LogP contribution is 2.26. The van der Waals surface area contributed by atoms with Crippen LogP contribution >= 0.6 is 0 Å². The molecule has 1 fully saturated rings. The number of hydrogen-bond acceptors (Lipinski definition) is 4. The lowest BCUT2D eigenvalue weighted by Gasteiger charge is -2.13. The lowest BCUT2D eigenvalue weighted by atomic mass is 10.1. The van der Waals surface area contributed by atoms with E-state index in [1.807, 2.05) is 23.1 Å². The van der Waals surface area contributed by atoms with Crippen molar-refractivity contribution >= 4 is 17.5 Å². The van der Waals surface area contributed by atoms with Gasteiger partial charge in [-0.1, -0.05) is 0 Å². The van der Waals surface area contributed by atoms with E-state index in [-0.39, 0.29) is 23.8 Å². The van der Waals surface area contributed by atoms with Crippen molar-refractivity contribution in [2.45, 2.75) is 39.2 Å². The Morgan fingerprint density at radius 2 is 2.09 bits per heavy atom. The Morgan fingerprint density at radius 3 is 2.74 bits per heavy atom. The molecule has 0 spiro atoms. The fourth-order valence-corrected chi connectivity index (χ4v) is 2.92. The third kappa shape index (κ3) is 3.04. The molecule has 0 aliphatic carbocycles. The fourth-order valence-electron chi connectivity index (χ4n) is 2.92. The van der Waals surface area contributed by atoms with E-state index in [0.717, 1.165) is 18.8 Å². The number of hydrogen-bond donors (Lipinski definition) is 1. The molecule has 0 bridgehead atoms. The highest BCUT2D eigenvalue weighted by atomic mass is 16.2. The van der Waals surface area contributed by atoms with Crippen LogP contribution in [0.3, 0.4) is 0 Å². The summed E-state index contributed by atoms with van der Waals surface area (Å²) in [5.74, 6) is 0.928. The molecule has 3 rings (SSSR count). The summed E-state index contributed by atoms with van der Waals surface area (Å²) in [6.45, 7) is 6.82. The van der Waals surface area contributed by atoms with Crippen LogP contribution in [0, 0.1) is 0 Å². The SMILES string of the molecule is CC(=O)N1CCC(c2nnc3ccc(C(=O)NC(C)C)cn23)C1. The number of nitrogens with zero attached hydrogens (tertiary/aromatic N) is 4. The molecule has 1 unspecified atom stereocenters. The van der Waals surface area contributed by atoms with Crippen LogP contribution in [0.2, 0.25) is 0 Å². The zero-order valence-corrected chi connectivity index (χ0v) is 13.6. The van der Waals surface area contributed by atoms with E-state index >= 15 is 0 Å². The first-order chi connectivity index (χ1) is 11.0. The minimum absolute atomic E-state index is 0.0811. The molecule has 3 heterocycles. The smallest absolute Gasteiger partial charge is 0.252 e. The van der Waals surface area contributed by atoms with Gasteiger partial charge in [-0.05, 0) is 32.4 Å². The standard InChI is InChI=1S/C16H21N5O2/c1-10(2)17-16(23)13-4-5-14-18-19-15(21(14)9-13)12-6-7-20(8-12)11(3)22/h4-5,9-10,12H,6-8H2,1-3H3,(H,17,23). The van der Waals surface area contributed by atoms with Gasteiger partial charge in [0, 0.05) is 38.2 Å². The van der Waals surface area contributed by atoms with Crippen LogP contribution in [0.4, 0.5) is 0 Å². The molecule has 0 aromatic carbocycles. The number of pyridine rings is 1. The molecule has 1 atom stereocenters. The largest absolute Gasteiger partial charge is 0.350 e. The Morgan fingerprint density at radius 1 is 1.30 bits per heavy atom. The van der Waals surface area contributed by atoms with Gasteiger partial charge in [0.25, 0.3) is 5.91 Å². The van der Waals surface area contributed by atoms with E-state index < -0.39 is 0 Å². The van der Waals surface area contributed by atoms with Crippen LogP contribution in [-0.4, -0.2) is 50.4 Å². The summed E-state index contributed by atoms with van der Waals surface area (Å²) < 4.78 is 1.86. The average molecular weight is 315 g/mol. The second-order valence-corrected chi connectivity index (χ2v) is 6.28. The molecule has 23 heavy (non-hydrogen) atoms. The van der Waals surface area contributed by atoms with Gasteiger partial charge < -0.3 is 10.2 Å². The second kappa shape index (κ2) is 5.98. The number of fused-ring (bicyclic) bond motifs is 1. The van der Waals surface area contributed by atoms with E-state index in [0.29, 0.717) is 17.8 Å². The van der Waals surface area contributed by atoms with Gasteiger partial charge in [0.15, 0.2) is 5.65 Å². The molecule has 2 aromatic rings. The summed E-state index contributed by atoms with van der Waals surface area (Å²) in [6, 6.07) is 3.63. The van der Waals surface area contributed by atoms with Crippen molar-refractivity contribution in [2.75, 3.05) is 13.1 Å². The summed E-state index contributed by atoms with van der Waals surface area (Å²) >= 11 is 0. The molecule has 2 aromatic heterocycles. The normalized spacial score (nSPS) is 17.9. The maximum Gasteiger partial charge on any atom is 0.252 e. The highest BCUT2D eigenvalue weighted by molar-refractivity contribution is 5.94.